The molecule has 0 spiro atoms. The van der Waals surface area contributed by atoms with Crippen LogP contribution in [-0.4, -0.2) is 86.0 Å². The van der Waals surface area contributed by atoms with Gasteiger partial charge >= 0.3 is 79.1 Å². The van der Waals surface area contributed by atoms with Gasteiger partial charge < -0.3 is 14.7 Å². The standard InChI is InChI=1S/In.H3O4P.Sr.5H/c;1-5(2,3)4;;;;;;/h;(H3,1,2,3,4);;;;;;. The third-order valence-electron chi connectivity index (χ3n) is 0. The summed E-state index contributed by atoms with van der Waals surface area (Å²) in [4.78, 5) is 21.6. The van der Waals surface area contributed by atoms with E-state index in [1.54, 1.807) is 0 Å². The van der Waals surface area contributed by atoms with Crippen LogP contribution in [0.15, 0.2) is 0 Å². The molecule has 0 fully saturated rings. The predicted octanol–water partition coefficient (Wildman–Crippen LogP) is -3.03. The summed E-state index contributed by atoms with van der Waals surface area (Å²) in [5.74, 6) is 0. The molecule has 4 nitrogen and oxygen atoms in total. The molecule has 7 heteroatoms. The van der Waals surface area contributed by atoms with Gasteiger partial charge in [0.15, 0.2) is 0 Å². The molecule has 0 aromatic rings. The van der Waals surface area contributed by atoms with Crippen molar-refractivity contribution in [3.8, 4) is 0 Å². The van der Waals surface area contributed by atoms with E-state index in [1.165, 1.54) is 0 Å². The first-order chi connectivity index (χ1) is 2.00. The minimum atomic E-state index is -4.64. The van der Waals surface area contributed by atoms with E-state index in [4.69, 9.17) is 19.2 Å². The molecule has 0 saturated carbocycles. The van der Waals surface area contributed by atoms with Crippen LogP contribution >= 0.6 is 7.82 Å². The van der Waals surface area contributed by atoms with Gasteiger partial charge in [0.25, 0.3) is 0 Å². The molecular weight excluding hydrogens is 297 g/mol. The van der Waals surface area contributed by atoms with Gasteiger partial charge in [-0.3, -0.25) is 0 Å². The SMILES string of the molecule is O=P(O)(O)O.[InH3].[SrH2]. The molecule has 7 heavy (non-hydrogen) atoms. The Morgan fingerprint density at radius 3 is 1.14 bits per heavy atom. The van der Waals surface area contributed by atoms with Crippen LogP contribution in [0.4, 0.5) is 0 Å². The molecule has 0 unspecified atom stereocenters. The average molecular weight is 305 g/mol. The van der Waals surface area contributed by atoms with E-state index in [2.05, 4.69) is 0 Å². The second kappa shape index (κ2) is 6.58. The van der Waals surface area contributed by atoms with Crippen LogP contribution in [0.5, 0.6) is 0 Å². The summed E-state index contributed by atoms with van der Waals surface area (Å²) in [5.41, 5.74) is 0. The summed E-state index contributed by atoms with van der Waals surface area (Å²) in [6, 6.07) is 0. The fourth-order valence-electron chi connectivity index (χ4n) is 0. The van der Waals surface area contributed by atoms with Crippen molar-refractivity contribution in [3.05, 3.63) is 0 Å². The molecule has 0 aliphatic rings. The number of phosphoric acid groups is 1. The first kappa shape index (κ1) is 16.2. The fourth-order valence-corrected chi connectivity index (χ4v) is 0. The Hall–Kier alpha value is 2.46. The van der Waals surface area contributed by atoms with E-state index in [0.717, 1.165) is 0 Å². The predicted molar refractivity (Wildman–Crippen MR) is 32.7 cm³/mol. The Kier molecular flexibility index (Phi) is 15.2. The number of rotatable bonds is 0. The first-order valence-corrected chi connectivity index (χ1v) is 2.35. The second-order valence-electron chi connectivity index (χ2n) is 0.513. The number of hydrogen-bond acceptors (Lipinski definition) is 1. The maximum atomic E-state index is 8.88. The van der Waals surface area contributed by atoms with Crippen LogP contribution in [0.3, 0.4) is 0 Å². The van der Waals surface area contributed by atoms with Gasteiger partial charge in [0.1, 0.15) is 0 Å². The molecular formula is H8InO4PSr. The van der Waals surface area contributed by atoms with Crippen molar-refractivity contribution < 1.29 is 19.2 Å². The summed E-state index contributed by atoms with van der Waals surface area (Å²) >= 11 is 0. The zero-order valence-electron chi connectivity index (χ0n) is 2.20. The van der Waals surface area contributed by atoms with Crippen LogP contribution in [0.1, 0.15) is 0 Å². The van der Waals surface area contributed by atoms with Crippen LogP contribution in [0, 0.1) is 0 Å². The van der Waals surface area contributed by atoms with Gasteiger partial charge in [-0.15, -0.1) is 0 Å². The van der Waals surface area contributed by atoms with E-state index < -0.39 is 7.82 Å². The van der Waals surface area contributed by atoms with Crippen LogP contribution < -0.4 is 0 Å². The van der Waals surface area contributed by atoms with Crippen molar-refractivity contribution in [2.24, 2.45) is 0 Å². The topological polar surface area (TPSA) is 77.8 Å². The van der Waals surface area contributed by atoms with Crippen molar-refractivity contribution in [2.75, 3.05) is 0 Å². The molecule has 0 heterocycles. The van der Waals surface area contributed by atoms with E-state index >= 15 is 0 Å². The van der Waals surface area contributed by atoms with Gasteiger partial charge in [-0.2, -0.15) is 0 Å². The van der Waals surface area contributed by atoms with Crippen LogP contribution in [0.2, 0.25) is 0 Å². The molecule has 0 amide bonds. The van der Waals surface area contributed by atoms with E-state index in [-0.39, 0.29) is 71.3 Å². The van der Waals surface area contributed by atoms with Gasteiger partial charge in [0.05, 0.1) is 0 Å². The molecule has 0 aromatic carbocycles. The minimum absolute atomic E-state index is 0. The molecule has 0 aliphatic heterocycles. The van der Waals surface area contributed by atoms with E-state index in [9.17, 15) is 0 Å². The Labute approximate surface area is 96.6 Å². The average Bonchev–Trinajstić information content (AvgIpc) is 0.722. The van der Waals surface area contributed by atoms with E-state index in [1.807, 2.05) is 0 Å². The van der Waals surface area contributed by atoms with Crippen molar-refractivity contribution in [3.63, 3.8) is 0 Å². The molecule has 3 N–H and O–H groups in total. The van der Waals surface area contributed by atoms with E-state index in [0.29, 0.717) is 0 Å². The summed E-state index contributed by atoms with van der Waals surface area (Å²) in [7, 11) is -4.64. The molecule has 0 bridgehead atoms. The molecule has 0 radical (unpaired) electrons. The molecule has 0 atom stereocenters. The third kappa shape index (κ3) is 58.3. The molecule has 0 aromatic heterocycles. The fraction of sp³-hybridized carbons (Fsp3) is 0. The summed E-state index contributed by atoms with van der Waals surface area (Å²) in [6.07, 6.45) is 0. The number of hydrogen-bond donors (Lipinski definition) is 3. The Morgan fingerprint density at radius 2 is 1.14 bits per heavy atom. The maximum absolute atomic E-state index is 8.88. The molecule has 42 valence electrons. The molecule has 0 aliphatic carbocycles. The Balaban J connectivity index is -0.0000000800. The summed E-state index contributed by atoms with van der Waals surface area (Å²) in [5, 5.41) is 0. The van der Waals surface area contributed by atoms with Crippen LogP contribution in [-0.2, 0) is 4.57 Å². The summed E-state index contributed by atoms with van der Waals surface area (Å²) in [6.45, 7) is 0. The van der Waals surface area contributed by atoms with Crippen molar-refractivity contribution in [2.45, 2.75) is 0 Å². The zero-order valence-corrected chi connectivity index (χ0v) is 3.09. The van der Waals surface area contributed by atoms with Crippen molar-refractivity contribution in [1.82, 2.24) is 0 Å². The normalized spacial score (nSPS) is 8.43. The third-order valence-corrected chi connectivity index (χ3v) is 0. The van der Waals surface area contributed by atoms with Gasteiger partial charge in [-0.1, -0.05) is 0 Å². The molecule has 0 saturated heterocycles. The van der Waals surface area contributed by atoms with Crippen LogP contribution in [0.25, 0.3) is 0 Å². The molecule has 0 rings (SSSR count). The second-order valence-corrected chi connectivity index (χ2v) is 1.54. The Bertz CT molecular complexity index is 57.8. The van der Waals surface area contributed by atoms with Gasteiger partial charge in [-0.25, -0.2) is 4.57 Å². The zero-order chi connectivity index (χ0) is 4.50. The monoisotopic (exact) mass is 306 g/mol. The van der Waals surface area contributed by atoms with Gasteiger partial charge in [0, 0.05) is 0 Å². The van der Waals surface area contributed by atoms with Crippen molar-refractivity contribution in [1.29, 1.82) is 0 Å². The van der Waals surface area contributed by atoms with Crippen molar-refractivity contribution >= 4 is 79.1 Å². The first-order valence-electron chi connectivity index (χ1n) is 0.783. The summed E-state index contributed by atoms with van der Waals surface area (Å²) < 4.78 is 8.88. The van der Waals surface area contributed by atoms with Gasteiger partial charge in [-0.05, 0) is 0 Å². The quantitative estimate of drug-likeness (QED) is 0.329. The Morgan fingerprint density at radius 1 is 1.14 bits per heavy atom. The van der Waals surface area contributed by atoms with Gasteiger partial charge in [0.2, 0.25) is 0 Å².